The van der Waals surface area contributed by atoms with Crippen LogP contribution in [0, 0.1) is 11.3 Å². The molecule has 3 aromatic rings. The number of hydrogen-bond acceptors (Lipinski definition) is 7. The van der Waals surface area contributed by atoms with Crippen LogP contribution in [-0.4, -0.2) is 43.9 Å². The van der Waals surface area contributed by atoms with Gasteiger partial charge in [0.2, 0.25) is 5.82 Å². The first-order chi connectivity index (χ1) is 11.6. The van der Waals surface area contributed by atoms with Crippen LogP contribution in [-0.2, 0) is 6.54 Å². The lowest BCUT2D eigenvalue weighted by Crippen LogP contribution is -2.10. The number of benzene rings is 1. The lowest BCUT2D eigenvalue weighted by molar-refractivity contribution is 0.336. The Bertz CT molecular complexity index is 857. The van der Waals surface area contributed by atoms with Crippen LogP contribution in [0.15, 0.2) is 35.1 Å². The molecule has 24 heavy (non-hydrogen) atoms. The molecule has 0 radical (unpaired) electrons. The zero-order chi connectivity index (χ0) is 17.1. The molecule has 0 aliphatic rings. The van der Waals surface area contributed by atoms with Crippen molar-refractivity contribution < 1.29 is 4.52 Å². The lowest BCUT2D eigenvalue weighted by atomic mass is 10.1. The van der Waals surface area contributed by atoms with Crippen molar-refractivity contribution >= 4 is 0 Å². The Morgan fingerprint density at radius 3 is 2.67 bits per heavy atom. The van der Waals surface area contributed by atoms with Crippen LogP contribution >= 0.6 is 0 Å². The Kier molecular flexibility index (Phi) is 4.35. The molecule has 1 atom stereocenters. The molecule has 2 heterocycles. The van der Waals surface area contributed by atoms with Gasteiger partial charge in [0.1, 0.15) is 18.4 Å². The summed E-state index contributed by atoms with van der Waals surface area (Å²) in [7, 11) is 4.06. The van der Waals surface area contributed by atoms with E-state index in [-0.39, 0.29) is 11.9 Å². The fourth-order valence-electron chi connectivity index (χ4n) is 2.27. The summed E-state index contributed by atoms with van der Waals surface area (Å²) >= 11 is 0. The topological polar surface area (TPSA) is 96.7 Å². The van der Waals surface area contributed by atoms with Crippen LogP contribution < -0.4 is 0 Å². The predicted molar refractivity (Wildman–Crippen MR) is 85.7 cm³/mol. The Hall–Kier alpha value is -3.05. The Morgan fingerprint density at radius 2 is 2.04 bits per heavy atom. The number of hydrogen-bond donors (Lipinski definition) is 0. The highest BCUT2D eigenvalue weighted by molar-refractivity contribution is 5.54. The van der Waals surface area contributed by atoms with E-state index in [1.54, 1.807) is 0 Å². The van der Waals surface area contributed by atoms with E-state index in [1.807, 2.05) is 51.4 Å². The minimum Gasteiger partial charge on any atom is -0.337 e. The summed E-state index contributed by atoms with van der Waals surface area (Å²) in [6, 6.07) is 9.63. The quantitative estimate of drug-likeness (QED) is 0.707. The molecule has 0 bridgehead atoms. The van der Waals surface area contributed by atoms with Crippen molar-refractivity contribution in [2.24, 2.45) is 0 Å². The molecular formula is C16H17N7O. The highest BCUT2D eigenvalue weighted by Gasteiger charge is 2.18. The maximum Gasteiger partial charge on any atom is 0.252 e. The van der Waals surface area contributed by atoms with Gasteiger partial charge in [0.15, 0.2) is 0 Å². The van der Waals surface area contributed by atoms with Crippen molar-refractivity contribution in [2.45, 2.75) is 19.5 Å². The Labute approximate surface area is 139 Å². The summed E-state index contributed by atoms with van der Waals surface area (Å²) < 4.78 is 6.86. The standard InChI is InChI=1S/C16H17N7O/c1-11(23-10-18-14(8-17)20-23)16-19-15(21-24-16)13-6-4-12(5-7-13)9-22(2)3/h4-7,10-11H,9H2,1-3H3. The molecule has 0 spiro atoms. The van der Waals surface area contributed by atoms with Crippen LogP contribution in [0.1, 0.15) is 30.2 Å². The molecular weight excluding hydrogens is 306 g/mol. The van der Waals surface area contributed by atoms with Crippen LogP contribution in [0.5, 0.6) is 0 Å². The third-order valence-corrected chi connectivity index (χ3v) is 3.52. The molecule has 0 saturated carbocycles. The molecule has 0 aliphatic carbocycles. The first-order valence-corrected chi connectivity index (χ1v) is 7.45. The van der Waals surface area contributed by atoms with Crippen molar-refractivity contribution in [3.8, 4) is 17.5 Å². The minimum atomic E-state index is -0.297. The second kappa shape index (κ2) is 6.60. The normalized spacial score (nSPS) is 12.3. The van der Waals surface area contributed by atoms with E-state index in [4.69, 9.17) is 9.78 Å². The van der Waals surface area contributed by atoms with Gasteiger partial charge in [0.25, 0.3) is 11.7 Å². The number of aromatic nitrogens is 5. The zero-order valence-electron chi connectivity index (χ0n) is 13.7. The van der Waals surface area contributed by atoms with Gasteiger partial charge >= 0.3 is 0 Å². The van der Waals surface area contributed by atoms with Crippen LogP contribution in [0.4, 0.5) is 0 Å². The summed E-state index contributed by atoms with van der Waals surface area (Å²) in [6.45, 7) is 2.73. The second-order valence-corrected chi connectivity index (χ2v) is 5.73. The molecule has 2 aromatic heterocycles. The van der Waals surface area contributed by atoms with Gasteiger partial charge in [-0.1, -0.05) is 29.4 Å². The van der Waals surface area contributed by atoms with E-state index in [0.29, 0.717) is 11.7 Å². The molecule has 0 N–H and O–H groups in total. The van der Waals surface area contributed by atoms with Gasteiger partial charge < -0.3 is 9.42 Å². The van der Waals surface area contributed by atoms with E-state index < -0.39 is 0 Å². The molecule has 0 aliphatic heterocycles. The first kappa shape index (κ1) is 15.8. The molecule has 0 fully saturated rings. The van der Waals surface area contributed by atoms with Gasteiger partial charge in [-0.2, -0.15) is 10.2 Å². The van der Waals surface area contributed by atoms with Crippen molar-refractivity contribution in [3.63, 3.8) is 0 Å². The van der Waals surface area contributed by atoms with E-state index in [2.05, 4.69) is 25.1 Å². The average molecular weight is 323 g/mol. The lowest BCUT2D eigenvalue weighted by Gasteiger charge is -2.09. The number of rotatable bonds is 5. The first-order valence-electron chi connectivity index (χ1n) is 7.45. The van der Waals surface area contributed by atoms with Gasteiger partial charge in [0, 0.05) is 12.1 Å². The maximum absolute atomic E-state index is 8.79. The SMILES string of the molecule is CC(c1nc(-c2ccc(CN(C)C)cc2)no1)n1cnc(C#N)n1. The van der Waals surface area contributed by atoms with E-state index in [0.717, 1.165) is 12.1 Å². The van der Waals surface area contributed by atoms with E-state index in [1.165, 1.54) is 16.6 Å². The van der Waals surface area contributed by atoms with Crippen LogP contribution in [0.2, 0.25) is 0 Å². The third-order valence-electron chi connectivity index (χ3n) is 3.52. The van der Waals surface area contributed by atoms with Crippen LogP contribution in [0.25, 0.3) is 11.4 Å². The van der Waals surface area contributed by atoms with Crippen molar-refractivity contribution in [2.75, 3.05) is 14.1 Å². The molecule has 1 aromatic carbocycles. The van der Waals surface area contributed by atoms with Crippen molar-refractivity contribution in [3.05, 3.63) is 47.9 Å². The minimum absolute atomic E-state index is 0.109. The Balaban J connectivity index is 1.78. The smallest absolute Gasteiger partial charge is 0.252 e. The summed E-state index contributed by atoms with van der Waals surface area (Å²) in [6.07, 6.45) is 1.48. The molecule has 0 saturated heterocycles. The predicted octanol–water partition coefficient (Wildman–Crippen LogP) is 1.87. The summed E-state index contributed by atoms with van der Waals surface area (Å²) in [4.78, 5) is 10.4. The molecule has 3 rings (SSSR count). The average Bonchev–Trinajstić information content (AvgIpc) is 3.24. The Morgan fingerprint density at radius 1 is 1.29 bits per heavy atom. The van der Waals surface area contributed by atoms with Gasteiger partial charge in [0.05, 0.1) is 0 Å². The fraction of sp³-hybridized carbons (Fsp3) is 0.312. The summed E-state index contributed by atoms with van der Waals surface area (Å²) in [5, 5.41) is 16.9. The fourth-order valence-corrected chi connectivity index (χ4v) is 2.27. The van der Waals surface area contributed by atoms with Crippen LogP contribution in [0.3, 0.4) is 0 Å². The van der Waals surface area contributed by atoms with E-state index in [9.17, 15) is 0 Å². The monoisotopic (exact) mass is 323 g/mol. The van der Waals surface area contributed by atoms with Gasteiger partial charge in [-0.3, -0.25) is 0 Å². The van der Waals surface area contributed by atoms with Crippen molar-refractivity contribution in [1.82, 2.24) is 29.8 Å². The second-order valence-electron chi connectivity index (χ2n) is 5.73. The highest BCUT2D eigenvalue weighted by atomic mass is 16.5. The largest absolute Gasteiger partial charge is 0.337 e. The summed E-state index contributed by atoms with van der Waals surface area (Å²) in [5.41, 5.74) is 2.10. The van der Waals surface area contributed by atoms with Gasteiger partial charge in [-0.25, -0.2) is 9.67 Å². The number of nitriles is 1. The molecule has 8 nitrogen and oxygen atoms in total. The zero-order valence-corrected chi connectivity index (χ0v) is 13.7. The molecule has 0 amide bonds. The van der Waals surface area contributed by atoms with E-state index >= 15 is 0 Å². The number of nitrogens with zero attached hydrogens (tertiary/aromatic N) is 7. The molecule has 1 unspecified atom stereocenters. The van der Waals surface area contributed by atoms with Gasteiger partial charge in [-0.05, 0) is 26.6 Å². The highest BCUT2D eigenvalue weighted by Crippen LogP contribution is 2.21. The summed E-state index contributed by atoms with van der Waals surface area (Å²) in [5.74, 6) is 1.05. The van der Waals surface area contributed by atoms with Crippen molar-refractivity contribution in [1.29, 1.82) is 5.26 Å². The maximum atomic E-state index is 8.79. The third kappa shape index (κ3) is 3.31. The molecule has 122 valence electrons. The van der Waals surface area contributed by atoms with Gasteiger partial charge in [-0.15, -0.1) is 5.10 Å². The molecule has 8 heteroatoms.